The first-order chi connectivity index (χ1) is 11.4. The third-order valence-electron chi connectivity index (χ3n) is 5.25. The van der Waals surface area contributed by atoms with Crippen LogP contribution >= 0.6 is 0 Å². The number of carbonyl (C=O) groups is 3. The van der Waals surface area contributed by atoms with Crippen molar-refractivity contribution >= 4 is 17.8 Å². The lowest BCUT2D eigenvalue weighted by Gasteiger charge is -2.35. The molecule has 0 radical (unpaired) electrons. The van der Waals surface area contributed by atoms with Crippen molar-refractivity contribution in [3.8, 4) is 0 Å². The van der Waals surface area contributed by atoms with Crippen LogP contribution in [-0.4, -0.2) is 65.0 Å². The molecule has 0 unspecified atom stereocenters. The number of hydrogen-bond acceptors (Lipinski definition) is 4. The van der Waals surface area contributed by atoms with Crippen LogP contribution in [0.2, 0.25) is 0 Å². The van der Waals surface area contributed by atoms with Gasteiger partial charge in [0.2, 0.25) is 5.91 Å². The first-order valence-electron chi connectivity index (χ1n) is 8.99. The third-order valence-corrected chi connectivity index (χ3v) is 5.25. The van der Waals surface area contributed by atoms with Gasteiger partial charge < -0.3 is 15.0 Å². The van der Waals surface area contributed by atoms with E-state index in [2.05, 4.69) is 5.32 Å². The van der Waals surface area contributed by atoms with Crippen molar-refractivity contribution in [3.05, 3.63) is 0 Å². The fraction of sp³-hybridized carbons (Fsp3) is 0.824. The van der Waals surface area contributed by atoms with E-state index in [1.807, 2.05) is 18.7 Å². The second-order valence-electron chi connectivity index (χ2n) is 7.34. The molecule has 0 aromatic heterocycles. The number of urea groups is 1. The van der Waals surface area contributed by atoms with E-state index in [1.54, 1.807) is 0 Å². The molecule has 2 atom stereocenters. The summed E-state index contributed by atoms with van der Waals surface area (Å²) >= 11 is 0. The third kappa shape index (κ3) is 3.27. The number of ether oxygens (including phenoxy) is 1. The van der Waals surface area contributed by atoms with Crippen LogP contribution in [0.1, 0.15) is 52.4 Å². The van der Waals surface area contributed by atoms with E-state index in [1.165, 1.54) is 4.90 Å². The summed E-state index contributed by atoms with van der Waals surface area (Å²) in [5.74, 6) is -0.0364. The molecule has 3 fully saturated rings. The van der Waals surface area contributed by atoms with Crippen molar-refractivity contribution in [1.29, 1.82) is 0 Å². The lowest BCUT2D eigenvalue weighted by molar-refractivity contribution is -0.143. The van der Waals surface area contributed by atoms with E-state index >= 15 is 0 Å². The van der Waals surface area contributed by atoms with Gasteiger partial charge in [-0.2, -0.15) is 0 Å². The number of morpholine rings is 1. The molecule has 1 saturated carbocycles. The van der Waals surface area contributed by atoms with Crippen LogP contribution in [0.5, 0.6) is 0 Å². The summed E-state index contributed by atoms with van der Waals surface area (Å²) in [7, 11) is 0. The molecule has 24 heavy (non-hydrogen) atoms. The summed E-state index contributed by atoms with van der Waals surface area (Å²) in [6, 6.07) is -0.303. The molecule has 0 bridgehead atoms. The number of imide groups is 1. The van der Waals surface area contributed by atoms with Crippen LogP contribution in [0.4, 0.5) is 4.79 Å². The molecule has 2 heterocycles. The number of carbonyl (C=O) groups excluding carboxylic acids is 3. The van der Waals surface area contributed by atoms with Gasteiger partial charge in [-0.1, -0.05) is 12.8 Å². The normalized spacial score (nSPS) is 29.4. The van der Waals surface area contributed by atoms with Gasteiger partial charge in [0.25, 0.3) is 5.91 Å². The fourth-order valence-corrected chi connectivity index (χ4v) is 4.12. The molecule has 2 aliphatic heterocycles. The fourth-order valence-electron chi connectivity index (χ4n) is 4.12. The average Bonchev–Trinajstić information content (AvgIpc) is 3.07. The molecule has 134 valence electrons. The van der Waals surface area contributed by atoms with Crippen LogP contribution in [0.3, 0.4) is 0 Å². The molecule has 1 N–H and O–H groups in total. The van der Waals surface area contributed by atoms with Crippen molar-refractivity contribution in [1.82, 2.24) is 15.1 Å². The zero-order chi connectivity index (χ0) is 17.3. The predicted molar refractivity (Wildman–Crippen MR) is 87.3 cm³/mol. The molecule has 7 heteroatoms. The summed E-state index contributed by atoms with van der Waals surface area (Å²) in [5.41, 5.74) is -0.657. The molecular weight excluding hydrogens is 310 g/mol. The van der Waals surface area contributed by atoms with Gasteiger partial charge in [0.1, 0.15) is 5.54 Å². The Morgan fingerprint density at radius 1 is 1.21 bits per heavy atom. The van der Waals surface area contributed by atoms with E-state index in [-0.39, 0.29) is 30.1 Å². The second-order valence-corrected chi connectivity index (χ2v) is 7.34. The quantitative estimate of drug-likeness (QED) is 0.784. The van der Waals surface area contributed by atoms with Gasteiger partial charge in [-0.15, -0.1) is 0 Å². The molecule has 0 aromatic carbocycles. The second kappa shape index (κ2) is 6.70. The Morgan fingerprint density at radius 2 is 1.83 bits per heavy atom. The summed E-state index contributed by atoms with van der Waals surface area (Å²) in [6.07, 6.45) is 4.37. The lowest BCUT2D eigenvalue weighted by atomic mass is 9.98. The highest BCUT2D eigenvalue weighted by atomic mass is 16.5. The van der Waals surface area contributed by atoms with Crippen LogP contribution in [0.15, 0.2) is 0 Å². The topological polar surface area (TPSA) is 79.0 Å². The van der Waals surface area contributed by atoms with Crippen molar-refractivity contribution in [2.45, 2.75) is 70.1 Å². The number of hydrogen-bond donors (Lipinski definition) is 1. The van der Waals surface area contributed by atoms with E-state index in [4.69, 9.17) is 4.74 Å². The Morgan fingerprint density at radius 3 is 2.46 bits per heavy atom. The summed E-state index contributed by atoms with van der Waals surface area (Å²) in [6.45, 7) is 5.45. The monoisotopic (exact) mass is 337 g/mol. The Hall–Kier alpha value is -1.63. The molecule has 1 aliphatic carbocycles. The van der Waals surface area contributed by atoms with Crippen molar-refractivity contribution in [2.75, 3.05) is 19.6 Å². The number of rotatable bonds is 4. The Bertz CT molecular complexity index is 520. The minimum atomic E-state index is -0.657. The van der Waals surface area contributed by atoms with Crippen LogP contribution in [0, 0.1) is 0 Å². The largest absolute Gasteiger partial charge is 0.372 e. The van der Waals surface area contributed by atoms with Gasteiger partial charge in [0.05, 0.1) is 12.2 Å². The van der Waals surface area contributed by atoms with Gasteiger partial charge in [-0.25, -0.2) is 4.79 Å². The summed E-state index contributed by atoms with van der Waals surface area (Å²) < 4.78 is 5.63. The van der Waals surface area contributed by atoms with E-state index < -0.39 is 5.54 Å². The number of nitrogens with zero attached hydrogens (tertiary/aromatic N) is 2. The van der Waals surface area contributed by atoms with E-state index in [0.717, 1.165) is 25.7 Å². The Kier molecular flexibility index (Phi) is 4.80. The molecule has 2 saturated heterocycles. The Labute approximate surface area is 142 Å². The smallest absolute Gasteiger partial charge is 0.325 e. The van der Waals surface area contributed by atoms with Crippen molar-refractivity contribution in [2.24, 2.45) is 0 Å². The maximum atomic E-state index is 12.5. The van der Waals surface area contributed by atoms with Gasteiger partial charge in [-0.3, -0.25) is 14.5 Å². The van der Waals surface area contributed by atoms with Crippen LogP contribution in [-0.2, 0) is 14.3 Å². The van der Waals surface area contributed by atoms with Gasteiger partial charge in [0.15, 0.2) is 0 Å². The van der Waals surface area contributed by atoms with Gasteiger partial charge in [0, 0.05) is 26.1 Å². The first-order valence-corrected chi connectivity index (χ1v) is 8.99. The first kappa shape index (κ1) is 17.2. The zero-order valence-corrected chi connectivity index (χ0v) is 14.5. The zero-order valence-electron chi connectivity index (χ0n) is 14.5. The standard InChI is InChI=1S/C17H27N3O4/c1-12-10-19(11-13(2)24-12)14(21)6-5-9-20-15(22)17(18-16(20)23)7-3-4-8-17/h12-13H,3-11H2,1-2H3,(H,18,23)/t12-,13+. The molecule has 0 aromatic rings. The highest BCUT2D eigenvalue weighted by Gasteiger charge is 2.52. The van der Waals surface area contributed by atoms with Crippen molar-refractivity contribution in [3.63, 3.8) is 0 Å². The van der Waals surface area contributed by atoms with Crippen molar-refractivity contribution < 1.29 is 19.1 Å². The van der Waals surface area contributed by atoms with Gasteiger partial charge in [-0.05, 0) is 33.1 Å². The SMILES string of the molecule is C[C@@H]1CN(C(=O)CCCN2C(=O)NC3(CCCC3)C2=O)C[C@H](C)O1. The molecule has 3 aliphatic rings. The van der Waals surface area contributed by atoms with Crippen LogP contribution < -0.4 is 5.32 Å². The Balaban J connectivity index is 1.48. The lowest BCUT2D eigenvalue weighted by Crippen LogP contribution is -2.48. The summed E-state index contributed by atoms with van der Waals surface area (Å²) in [5, 5.41) is 2.87. The highest BCUT2D eigenvalue weighted by Crippen LogP contribution is 2.35. The average molecular weight is 337 g/mol. The van der Waals surface area contributed by atoms with E-state index in [9.17, 15) is 14.4 Å². The molecule has 1 spiro atoms. The molecule has 4 amide bonds. The maximum Gasteiger partial charge on any atom is 0.325 e. The molecule has 7 nitrogen and oxygen atoms in total. The minimum Gasteiger partial charge on any atom is -0.372 e. The number of nitrogens with one attached hydrogen (secondary N) is 1. The minimum absolute atomic E-state index is 0.0471. The summed E-state index contributed by atoms with van der Waals surface area (Å²) in [4.78, 5) is 40.1. The molecule has 3 rings (SSSR count). The van der Waals surface area contributed by atoms with Gasteiger partial charge >= 0.3 is 6.03 Å². The van der Waals surface area contributed by atoms with E-state index in [0.29, 0.717) is 32.5 Å². The predicted octanol–water partition coefficient (Wildman–Crippen LogP) is 1.27. The molecular formula is C17H27N3O4. The maximum absolute atomic E-state index is 12.5. The van der Waals surface area contributed by atoms with Crippen LogP contribution in [0.25, 0.3) is 0 Å². The number of amides is 4. The highest BCUT2D eigenvalue weighted by molar-refractivity contribution is 6.07.